The number of hydrogen-bond acceptors (Lipinski definition) is 4. The highest BCUT2D eigenvalue weighted by Gasteiger charge is 2.31. The quantitative estimate of drug-likeness (QED) is 0.411. The number of fused-ring (bicyclic) bond motifs is 2. The first kappa shape index (κ1) is 23.5. The lowest BCUT2D eigenvalue weighted by molar-refractivity contribution is 0.0850. The monoisotopic (exact) mass is 504 g/mol. The van der Waals surface area contributed by atoms with Crippen molar-refractivity contribution in [3.05, 3.63) is 88.2 Å². The number of nitrogens with zero attached hydrogens (tertiary/aromatic N) is 2. The predicted octanol–water partition coefficient (Wildman–Crippen LogP) is 6.20. The Morgan fingerprint density at radius 3 is 2.38 bits per heavy atom. The molecule has 2 heterocycles. The minimum absolute atomic E-state index is 0.0323. The van der Waals surface area contributed by atoms with Crippen LogP contribution in [0.3, 0.4) is 0 Å². The third kappa shape index (κ3) is 5.23. The van der Waals surface area contributed by atoms with Crippen LogP contribution in [-0.4, -0.2) is 49.1 Å². The van der Waals surface area contributed by atoms with Gasteiger partial charge in [-0.2, -0.15) is 0 Å². The van der Waals surface area contributed by atoms with Gasteiger partial charge in [0.1, 0.15) is 29.8 Å². The Labute approximate surface area is 206 Å². The molecule has 0 N–H and O–H groups in total. The average molecular weight is 505 g/mol. The van der Waals surface area contributed by atoms with Crippen LogP contribution in [-0.2, 0) is 6.42 Å². The number of hydrogen-bond donors (Lipinski definition) is 0. The van der Waals surface area contributed by atoms with Crippen molar-refractivity contribution in [2.45, 2.75) is 22.3 Å². The van der Waals surface area contributed by atoms with Crippen LogP contribution in [0.5, 0.6) is 5.75 Å². The maximum atomic E-state index is 14.3. The molecule has 0 amide bonds. The molecule has 178 valence electrons. The van der Waals surface area contributed by atoms with Gasteiger partial charge in [0.2, 0.25) is 0 Å². The van der Waals surface area contributed by atoms with Crippen molar-refractivity contribution < 1.29 is 17.9 Å². The van der Waals surface area contributed by atoms with Gasteiger partial charge in [0.25, 0.3) is 0 Å². The summed E-state index contributed by atoms with van der Waals surface area (Å²) in [7, 11) is 0. The Kier molecular flexibility index (Phi) is 7.06. The van der Waals surface area contributed by atoms with E-state index in [-0.39, 0.29) is 22.7 Å². The van der Waals surface area contributed by atoms with E-state index in [0.29, 0.717) is 18.8 Å². The summed E-state index contributed by atoms with van der Waals surface area (Å²) < 4.78 is 47.0. The highest BCUT2D eigenvalue weighted by Crippen LogP contribution is 2.44. The van der Waals surface area contributed by atoms with Gasteiger partial charge in [-0.15, -0.1) is 0 Å². The number of halogens is 4. The third-order valence-corrected chi connectivity index (χ3v) is 7.87. The van der Waals surface area contributed by atoms with E-state index < -0.39 is 5.82 Å². The standard InChI is InChI=1S/C26H24ClF3N2OS/c27-22-15-21-24(13-17-1-2-19(29)14-25(17)34-26(21)16-23(22)30)32-9-7-31(8-10-32)11-12-33-20-5-3-18(28)4-6-20/h1-6,14-16,24H,7-13H2/t24-/m0/s1. The summed E-state index contributed by atoms with van der Waals surface area (Å²) in [5, 5.41) is 0.109. The second-order valence-corrected chi connectivity index (χ2v) is 10.0. The van der Waals surface area contributed by atoms with Crippen molar-refractivity contribution in [3.63, 3.8) is 0 Å². The molecule has 0 spiro atoms. The molecular weight excluding hydrogens is 481 g/mol. The number of piperazine rings is 1. The summed E-state index contributed by atoms with van der Waals surface area (Å²) in [6, 6.07) is 14.1. The first-order valence-electron chi connectivity index (χ1n) is 11.3. The van der Waals surface area contributed by atoms with E-state index in [1.165, 1.54) is 42.1 Å². The van der Waals surface area contributed by atoms with E-state index in [1.807, 2.05) is 6.07 Å². The largest absolute Gasteiger partial charge is 0.492 e. The Morgan fingerprint density at radius 2 is 1.62 bits per heavy atom. The summed E-state index contributed by atoms with van der Waals surface area (Å²) in [5.41, 5.74) is 2.04. The van der Waals surface area contributed by atoms with Crippen LogP contribution in [0.4, 0.5) is 13.2 Å². The second kappa shape index (κ2) is 10.2. The Bertz CT molecular complexity index is 1170. The molecule has 5 rings (SSSR count). The van der Waals surface area contributed by atoms with Gasteiger partial charge >= 0.3 is 0 Å². The first-order chi connectivity index (χ1) is 16.5. The van der Waals surface area contributed by atoms with Gasteiger partial charge in [0.05, 0.1) is 5.02 Å². The van der Waals surface area contributed by atoms with Crippen LogP contribution in [0, 0.1) is 17.5 Å². The second-order valence-electron chi connectivity index (χ2n) is 8.56. The summed E-state index contributed by atoms with van der Waals surface area (Å²) in [6.45, 7) is 4.74. The molecule has 8 heteroatoms. The number of ether oxygens (including phenoxy) is 1. The van der Waals surface area contributed by atoms with E-state index in [0.717, 1.165) is 53.6 Å². The van der Waals surface area contributed by atoms with Crippen molar-refractivity contribution in [2.24, 2.45) is 0 Å². The van der Waals surface area contributed by atoms with Gasteiger partial charge in [-0.1, -0.05) is 29.4 Å². The number of benzene rings is 3. The zero-order valence-corrected chi connectivity index (χ0v) is 20.0. The highest BCUT2D eigenvalue weighted by molar-refractivity contribution is 7.99. The van der Waals surface area contributed by atoms with Crippen LogP contribution in [0.25, 0.3) is 0 Å². The van der Waals surface area contributed by atoms with Gasteiger partial charge < -0.3 is 4.74 Å². The molecule has 34 heavy (non-hydrogen) atoms. The number of rotatable bonds is 5. The molecule has 3 aromatic rings. The Balaban J connectivity index is 1.27. The fourth-order valence-electron chi connectivity index (χ4n) is 4.57. The molecule has 3 aromatic carbocycles. The molecule has 1 fully saturated rings. The van der Waals surface area contributed by atoms with Crippen molar-refractivity contribution in [1.82, 2.24) is 9.80 Å². The molecule has 3 nitrogen and oxygen atoms in total. The van der Waals surface area contributed by atoms with Gasteiger partial charge in [-0.3, -0.25) is 9.80 Å². The Hall–Kier alpha value is -2.19. The summed E-state index contributed by atoms with van der Waals surface area (Å²) in [4.78, 5) is 6.35. The molecule has 0 aromatic heterocycles. The van der Waals surface area contributed by atoms with E-state index >= 15 is 0 Å². The lowest BCUT2D eigenvalue weighted by Crippen LogP contribution is -2.49. The third-order valence-electron chi connectivity index (χ3n) is 6.41. The van der Waals surface area contributed by atoms with Crippen molar-refractivity contribution >= 4 is 23.4 Å². The molecule has 0 aliphatic carbocycles. The zero-order chi connectivity index (χ0) is 23.7. The maximum Gasteiger partial charge on any atom is 0.142 e. The van der Waals surface area contributed by atoms with Gasteiger partial charge in [-0.05, 0) is 66.1 Å². The van der Waals surface area contributed by atoms with E-state index in [1.54, 1.807) is 18.2 Å². The summed E-state index contributed by atoms with van der Waals surface area (Å²) in [5.74, 6) is -0.375. The molecule has 0 saturated carbocycles. The summed E-state index contributed by atoms with van der Waals surface area (Å²) >= 11 is 7.58. The fraction of sp³-hybridized carbons (Fsp3) is 0.308. The van der Waals surface area contributed by atoms with Crippen LogP contribution in [0.15, 0.2) is 64.4 Å². The highest BCUT2D eigenvalue weighted by atomic mass is 35.5. The topological polar surface area (TPSA) is 15.7 Å². The van der Waals surface area contributed by atoms with Crippen LogP contribution in [0.1, 0.15) is 17.2 Å². The fourth-order valence-corrected chi connectivity index (χ4v) is 5.91. The smallest absolute Gasteiger partial charge is 0.142 e. The molecule has 2 aliphatic rings. The van der Waals surface area contributed by atoms with Crippen molar-refractivity contribution in [1.29, 1.82) is 0 Å². The maximum absolute atomic E-state index is 14.3. The molecular formula is C26H24ClF3N2OS. The van der Waals surface area contributed by atoms with E-state index in [4.69, 9.17) is 16.3 Å². The van der Waals surface area contributed by atoms with Gasteiger partial charge in [0, 0.05) is 48.6 Å². The molecule has 2 aliphatic heterocycles. The lowest BCUT2D eigenvalue weighted by Gasteiger charge is -2.39. The molecule has 0 unspecified atom stereocenters. The summed E-state index contributed by atoms with van der Waals surface area (Å²) in [6.07, 6.45) is 0.714. The lowest BCUT2D eigenvalue weighted by atomic mass is 9.96. The van der Waals surface area contributed by atoms with Gasteiger partial charge in [-0.25, -0.2) is 13.2 Å². The van der Waals surface area contributed by atoms with Gasteiger partial charge in [0.15, 0.2) is 0 Å². The molecule has 0 bridgehead atoms. The molecule has 0 radical (unpaired) electrons. The van der Waals surface area contributed by atoms with E-state index in [2.05, 4.69) is 9.80 Å². The average Bonchev–Trinajstić information content (AvgIpc) is 2.97. The normalized spacial score (nSPS) is 18.8. The Morgan fingerprint density at radius 1 is 0.882 bits per heavy atom. The van der Waals surface area contributed by atoms with Crippen LogP contribution >= 0.6 is 23.4 Å². The van der Waals surface area contributed by atoms with E-state index in [9.17, 15) is 13.2 Å². The zero-order valence-electron chi connectivity index (χ0n) is 18.4. The minimum Gasteiger partial charge on any atom is -0.492 e. The molecule has 1 saturated heterocycles. The SMILES string of the molecule is Fc1ccc(OCCN2CCN([C@H]3Cc4ccc(F)cc4Sc4cc(F)c(Cl)cc43)CC2)cc1. The molecule has 1 atom stereocenters. The first-order valence-corrected chi connectivity index (χ1v) is 12.5. The van der Waals surface area contributed by atoms with Crippen molar-refractivity contribution in [3.8, 4) is 5.75 Å². The van der Waals surface area contributed by atoms with Crippen molar-refractivity contribution in [2.75, 3.05) is 39.3 Å². The van der Waals surface area contributed by atoms with Crippen LogP contribution in [0.2, 0.25) is 5.02 Å². The predicted molar refractivity (Wildman–Crippen MR) is 128 cm³/mol. The van der Waals surface area contributed by atoms with Crippen LogP contribution < -0.4 is 4.74 Å². The minimum atomic E-state index is -0.461.